The Morgan fingerprint density at radius 3 is 2.60 bits per heavy atom. The molecule has 0 saturated heterocycles. The third kappa shape index (κ3) is 4.13. The number of halogens is 4. The van der Waals surface area contributed by atoms with Crippen molar-refractivity contribution >= 4 is 40.4 Å². The van der Waals surface area contributed by atoms with Crippen LogP contribution in [0.2, 0.25) is 9.36 Å². The number of hydrogen-bond donors (Lipinski definition) is 0. The number of aryl methyl sites for hydroxylation is 1. The van der Waals surface area contributed by atoms with Gasteiger partial charge in [-0.25, -0.2) is 13.8 Å². The summed E-state index contributed by atoms with van der Waals surface area (Å²) in [6.07, 6.45) is -1.23. The summed E-state index contributed by atoms with van der Waals surface area (Å²) in [6.45, 7) is 3.54. The molecule has 25 heavy (non-hydrogen) atoms. The minimum Gasteiger partial charge on any atom is -0.275 e. The molecule has 0 N–H and O–H groups in total. The van der Waals surface area contributed by atoms with Gasteiger partial charge in [-0.1, -0.05) is 23.2 Å². The van der Waals surface area contributed by atoms with E-state index in [1.165, 1.54) is 36.4 Å². The second-order valence-corrected chi connectivity index (χ2v) is 7.59. The molecule has 0 aromatic carbocycles. The highest BCUT2D eigenvalue weighted by Gasteiger charge is 2.30. The SMILES string of the molecule is CON(C(=O)c1cn(C)nc1C(F)F)C(C)Cc1sc(Cl)c(C)c1Cl. The van der Waals surface area contributed by atoms with Crippen molar-refractivity contribution < 1.29 is 18.4 Å². The van der Waals surface area contributed by atoms with Crippen LogP contribution in [0.15, 0.2) is 6.20 Å². The molecule has 5 nitrogen and oxygen atoms in total. The standard InChI is InChI=1S/C15H17Cl2F2N3O2S/c1-7(5-10-11(16)8(2)13(17)25-10)22(24-4)15(23)9-6-21(3)20-12(9)14(18)19/h6-7,14H,5H2,1-4H3. The average Bonchev–Trinajstić information content (AvgIpc) is 3.04. The molecule has 0 fully saturated rings. The molecule has 2 heterocycles. The van der Waals surface area contributed by atoms with Gasteiger partial charge in [0, 0.05) is 24.5 Å². The Kier molecular flexibility index (Phi) is 6.42. The van der Waals surface area contributed by atoms with Gasteiger partial charge >= 0.3 is 0 Å². The number of carbonyl (C=O) groups excluding carboxylic acids is 1. The zero-order valence-corrected chi connectivity index (χ0v) is 16.3. The van der Waals surface area contributed by atoms with Gasteiger partial charge in [-0.3, -0.25) is 14.3 Å². The summed E-state index contributed by atoms with van der Waals surface area (Å²) in [5.41, 5.74) is 0.00515. The van der Waals surface area contributed by atoms with Crippen LogP contribution in [0.4, 0.5) is 8.78 Å². The largest absolute Gasteiger partial charge is 0.282 e. The van der Waals surface area contributed by atoms with Crippen LogP contribution in [0.25, 0.3) is 0 Å². The molecule has 0 aliphatic heterocycles. The molecular formula is C15H17Cl2F2N3O2S. The van der Waals surface area contributed by atoms with Crippen LogP contribution in [0.5, 0.6) is 0 Å². The predicted molar refractivity (Wildman–Crippen MR) is 93.6 cm³/mol. The first kappa shape index (κ1) is 20.1. The van der Waals surface area contributed by atoms with Crippen molar-refractivity contribution in [2.75, 3.05) is 7.11 Å². The summed E-state index contributed by atoms with van der Waals surface area (Å²) in [4.78, 5) is 18.6. The lowest BCUT2D eigenvalue weighted by Gasteiger charge is -2.26. The normalized spacial score (nSPS) is 12.7. The minimum atomic E-state index is -2.86. The maximum absolute atomic E-state index is 13.1. The Bertz CT molecular complexity index is 779. The van der Waals surface area contributed by atoms with Gasteiger partial charge in [0.15, 0.2) is 0 Å². The van der Waals surface area contributed by atoms with Crippen LogP contribution in [0.1, 0.15) is 39.8 Å². The molecule has 1 amide bonds. The zero-order valence-electron chi connectivity index (χ0n) is 14.0. The van der Waals surface area contributed by atoms with E-state index in [0.29, 0.717) is 15.8 Å². The lowest BCUT2D eigenvalue weighted by molar-refractivity contribution is -0.119. The number of thiophene rings is 1. The van der Waals surface area contributed by atoms with Gasteiger partial charge in [0.05, 0.1) is 28.1 Å². The summed E-state index contributed by atoms with van der Waals surface area (Å²) < 4.78 is 27.9. The summed E-state index contributed by atoms with van der Waals surface area (Å²) in [6, 6.07) is -0.449. The van der Waals surface area contributed by atoms with Gasteiger partial charge in [-0.05, 0) is 19.4 Å². The van der Waals surface area contributed by atoms with Crippen molar-refractivity contribution in [2.45, 2.75) is 32.7 Å². The number of hydrogen-bond acceptors (Lipinski definition) is 4. The average molecular weight is 412 g/mol. The fourth-order valence-corrected chi connectivity index (χ4v) is 4.23. The first-order valence-electron chi connectivity index (χ1n) is 7.29. The molecule has 10 heteroatoms. The van der Waals surface area contributed by atoms with Crippen molar-refractivity contribution in [1.82, 2.24) is 14.8 Å². The van der Waals surface area contributed by atoms with E-state index in [9.17, 15) is 13.6 Å². The van der Waals surface area contributed by atoms with Gasteiger partial charge < -0.3 is 0 Å². The molecule has 138 valence electrons. The quantitative estimate of drug-likeness (QED) is 0.648. The highest BCUT2D eigenvalue weighted by molar-refractivity contribution is 7.17. The molecule has 2 aromatic heterocycles. The van der Waals surface area contributed by atoms with Crippen molar-refractivity contribution in [3.8, 4) is 0 Å². The first-order chi connectivity index (χ1) is 11.7. The Morgan fingerprint density at radius 2 is 2.12 bits per heavy atom. The van der Waals surface area contributed by atoms with Crippen molar-refractivity contribution in [2.24, 2.45) is 7.05 Å². The summed E-state index contributed by atoms with van der Waals surface area (Å²) in [7, 11) is 2.78. The smallest absolute Gasteiger partial charge is 0.275 e. The minimum absolute atomic E-state index is 0.197. The third-order valence-electron chi connectivity index (χ3n) is 3.65. The number of nitrogens with zero attached hydrogens (tertiary/aromatic N) is 3. The van der Waals surface area contributed by atoms with Crippen LogP contribution in [-0.4, -0.2) is 33.9 Å². The Balaban J connectivity index is 2.26. The molecule has 2 aromatic rings. The summed E-state index contributed by atoms with van der Waals surface area (Å²) in [5, 5.41) is 5.23. The van der Waals surface area contributed by atoms with Crippen LogP contribution in [-0.2, 0) is 18.3 Å². The van der Waals surface area contributed by atoms with Gasteiger partial charge in [-0.2, -0.15) is 5.10 Å². The Labute approximate surface area is 158 Å². The van der Waals surface area contributed by atoms with Crippen LogP contribution >= 0.6 is 34.5 Å². The number of rotatable bonds is 6. The van der Waals surface area contributed by atoms with Crippen molar-refractivity contribution in [1.29, 1.82) is 0 Å². The monoisotopic (exact) mass is 411 g/mol. The Hall–Kier alpha value is -1.22. The highest BCUT2D eigenvalue weighted by atomic mass is 35.5. The number of amides is 1. The molecule has 1 unspecified atom stereocenters. The maximum Gasteiger partial charge on any atom is 0.282 e. The fourth-order valence-electron chi connectivity index (χ4n) is 2.42. The van der Waals surface area contributed by atoms with Gasteiger partial charge in [-0.15, -0.1) is 11.3 Å². The Morgan fingerprint density at radius 1 is 1.48 bits per heavy atom. The number of aromatic nitrogens is 2. The summed E-state index contributed by atoms with van der Waals surface area (Å²) >= 11 is 13.6. The number of hydroxylamine groups is 2. The van der Waals surface area contributed by atoms with E-state index < -0.39 is 24.1 Å². The van der Waals surface area contributed by atoms with Crippen LogP contribution in [0.3, 0.4) is 0 Å². The molecule has 2 rings (SSSR count). The van der Waals surface area contributed by atoms with E-state index in [4.69, 9.17) is 28.0 Å². The highest BCUT2D eigenvalue weighted by Crippen LogP contribution is 2.37. The molecule has 1 atom stereocenters. The maximum atomic E-state index is 13.1. The lowest BCUT2D eigenvalue weighted by Crippen LogP contribution is -2.39. The van der Waals surface area contributed by atoms with E-state index in [1.807, 2.05) is 0 Å². The third-order valence-corrected chi connectivity index (χ3v) is 5.90. The van der Waals surface area contributed by atoms with Gasteiger partial charge in [0.25, 0.3) is 12.3 Å². The molecule has 0 aliphatic carbocycles. The predicted octanol–water partition coefficient (Wildman–Crippen LogP) is 4.67. The fraction of sp³-hybridized carbons (Fsp3) is 0.467. The molecule has 0 saturated carbocycles. The molecule has 0 aliphatic rings. The van der Waals surface area contributed by atoms with E-state index in [2.05, 4.69) is 5.10 Å². The molecule has 0 bridgehead atoms. The number of carbonyl (C=O) groups is 1. The van der Waals surface area contributed by atoms with Gasteiger partial charge in [0.1, 0.15) is 5.69 Å². The van der Waals surface area contributed by atoms with Gasteiger partial charge in [0.2, 0.25) is 0 Å². The zero-order chi connectivity index (χ0) is 18.9. The lowest BCUT2D eigenvalue weighted by atomic mass is 10.1. The van der Waals surface area contributed by atoms with E-state index in [1.54, 1.807) is 13.8 Å². The number of alkyl halides is 2. The van der Waals surface area contributed by atoms with E-state index in [-0.39, 0.29) is 5.56 Å². The van der Waals surface area contributed by atoms with Crippen LogP contribution in [0, 0.1) is 6.92 Å². The second-order valence-electron chi connectivity index (χ2n) is 5.51. The van der Waals surface area contributed by atoms with Crippen molar-refractivity contribution in [3.63, 3.8) is 0 Å². The van der Waals surface area contributed by atoms with E-state index >= 15 is 0 Å². The molecule has 0 radical (unpaired) electrons. The topological polar surface area (TPSA) is 47.4 Å². The molecular weight excluding hydrogens is 395 g/mol. The van der Waals surface area contributed by atoms with Crippen molar-refractivity contribution in [3.05, 3.63) is 37.3 Å². The molecule has 0 spiro atoms. The first-order valence-corrected chi connectivity index (χ1v) is 8.87. The van der Waals surface area contributed by atoms with E-state index in [0.717, 1.165) is 15.5 Å². The van der Waals surface area contributed by atoms with Crippen LogP contribution < -0.4 is 0 Å². The summed E-state index contributed by atoms with van der Waals surface area (Å²) in [5.74, 6) is -0.686. The second kappa shape index (κ2) is 7.99.